The molecule has 0 spiro atoms. The fraction of sp³-hybridized carbons (Fsp3) is 0.500. The van der Waals surface area contributed by atoms with Crippen molar-refractivity contribution in [3.63, 3.8) is 0 Å². The van der Waals surface area contributed by atoms with Crippen molar-refractivity contribution in [3.8, 4) is 12.1 Å². The highest BCUT2D eigenvalue weighted by atomic mass is 35.5. The van der Waals surface area contributed by atoms with Crippen LogP contribution < -0.4 is 0 Å². The fourth-order valence-electron chi connectivity index (χ4n) is 0. The predicted octanol–water partition coefficient (Wildman–Crippen LogP) is 2.63. The molecule has 2 nitrogen and oxygen atoms in total. The van der Waals surface area contributed by atoms with E-state index < -0.39 is 9.67 Å². The maximum absolute atomic E-state index is 7.63. The molecular weight excluding hydrogens is 218 g/mol. The molecule has 0 saturated carbocycles. The van der Waals surface area contributed by atoms with Crippen molar-refractivity contribution in [3.05, 3.63) is 0 Å². The highest BCUT2D eigenvalue weighted by Crippen LogP contribution is 1.95. The lowest BCUT2D eigenvalue weighted by Gasteiger charge is -1.69. The third-order valence-electron chi connectivity index (χ3n) is 0.195. The van der Waals surface area contributed by atoms with Gasteiger partial charge in [-0.25, -0.2) is 0 Å². The molecule has 0 amide bonds. The Labute approximate surface area is 78.8 Å². The summed E-state index contributed by atoms with van der Waals surface area (Å²) in [6.45, 7) is 0. The monoisotopic (exact) mass is 218 g/mol. The summed E-state index contributed by atoms with van der Waals surface area (Å²) in [7, 11) is 0. The van der Waals surface area contributed by atoms with Crippen molar-refractivity contribution in [2.75, 3.05) is 0 Å². The quantitative estimate of drug-likeness (QED) is 0.589. The van der Waals surface area contributed by atoms with E-state index in [0.29, 0.717) is 0 Å². The van der Waals surface area contributed by atoms with Crippen molar-refractivity contribution >= 4 is 46.4 Å². The van der Waals surface area contributed by atoms with Crippen LogP contribution in [0.3, 0.4) is 0 Å². The summed E-state index contributed by atoms with van der Waals surface area (Å²) in [4.78, 5) is -1.73. The van der Waals surface area contributed by atoms with E-state index in [9.17, 15) is 0 Å². The van der Waals surface area contributed by atoms with Gasteiger partial charge in [0.2, 0.25) is 0 Å². The predicted molar refractivity (Wildman–Crippen MR) is 42.2 cm³/mol. The first kappa shape index (κ1) is 12.8. The lowest BCUT2D eigenvalue weighted by atomic mass is 10.9. The summed E-state index contributed by atoms with van der Waals surface area (Å²) >= 11 is 19.5. The van der Waals surface area contributed by atoms with Crippen LogP contribution >= 0.6 is 46.4 Å². The Kier molecular flexibility index (Phi) is 11.7. The highest BCUT2D eigenvalue weighted by molar-refractivity contribution is 6.46. The van der Waals surface area contributed by atoms with Gasteiger partial charge in [-0.15, -0.1) is 0 Å². The van der Waals surface area contributed by atoms with Gasteiger partial charge in [-0.1, -0.05) is 46.4 Å². The zero-order chi connectivity index (χ0) is 8.57. The molecule has 0 aliphatic rings. The van der Waals surface area contributed by atoms with E-state index in [-0.39, 0.29) is 0 Å². The van der Waals surface area contributed by atoms with E-state index in [1.807, 2.05) is 0 Å². The average Bonchev–Trinajstić information content (AvgIpc) is 1.89. The molecule has 0 fully saturated rings. The number of nitrogens with zero attached hydrogens (tertiary/aromatic N) is 2. The van der Waals surface area contributed by atoms with Crippen LogP contribution in [-0.4, -0.2) is 9.67 Å². The number of alkyl halides is 4. The number of nitriles is 2. The van der Waals surface area contributed by atoms with Crippen molar-refractivity contribution < 1.29 is 0 Å². The summed E-state index contributed by atoms with van der Waals surface area (Å²) in [5.74, 6) is 0. The van der Waals surface area contributed by atoms with E-state index in [4.69, 9.17) is 56.9 Å². The smallest absolute Gasteiger partial charge is 0.193 e. The molecule has 56 valence electrons. The molecule has 0 unspecified atom stereocenters. The van der Waals surface area contributed by atoms with Crippen LogP contribution in [0.1, 0.15) is 0 Å². The van der Waals surface area contributed by atoms with Crippen molar-refractivity contribution in [1.29, 1.82) is 10.5 Å². The van der Waals surface area contributed by atoms with Gasteiger partial charge in [-0.2, -0.15) is 10.5 Å². The first-order valence-corrected chi connectivity index (χ1v) is 3.64. The minimum Gasteiger partial charge on any atom is -0.195 e. The molecule has 0 radical (unpaired) electrons. The molecular formula is C4H2Cl4N2. The van der Waals surface area contributed by atoms with Crippen molar-refractivity contribution in [2.45, 2.75) is 9.67 Å². The second-order valence-corrected chi connectivity index (χ2v) is 3.05. The molecule has 0 bridgehead atoms. The standard InChI is InChI=1S/2C2HCl2N/c2*3-2(4)1-5/h2*2H. The van der Waals surface area contributed by atoms with Crippen LogP contribution in [0.25, 0.3) is 0 Å². The van der Waals surface area contributed by atoms with Crippen LogP contribution in [0.4, 0.5) is 0 Å². The normalized spacial score (nSPS) is 7.60. The van der Waals surface area contributed by atoms with Gasteiger partial charge >= 0.3 is 0 Å². The summed E-state index contributed by atoms with van der Waals surface area (Å²) in [6.07, 6.45) is 0. The summed E-state index contributed by atoms with van der Waals surface area (Å²) < 4.78 is 0. The SMILES string of the molecule is N#CC(Cl)Cl.N#CC(Cl)Cl. The van der Waals surface area contributed by atoms with Crippen LogP contribution in [0.2, 0.25) is 0 Å². The van der Waals surface area contributed by atoms with E-state index in [1.165, 1.54) is 0 Å². The zero-order valence-corrected chi connectivity index (χ0v) is 7.58. The minimum absolute atomic E-state index is 0.866. The largest absolute Gasteiger partial charge is 0.195 e. The van der Waals surface area contributed by atoms with Gasteiger partial charge in [0.1, 0.15) is 0 Å². The molecule has 0 aromatic heterocycles. The topological polar surface area (TPSA) is 47.6 Å². The molecule has 0 aliphatic heterocycles. The van der Waals surface area contributed by atoms with Gasteiger partial charge in [0.25, 0.3) is 0 Å². The van der Waals surface area contributed by atoms with E-state index in [0.717, 1.165) is 0 Å². The molecule has 0 N–H and O–H groups in total. The van der Waals surface area contributed by atoms with Crippen LogP contribution in [-0.2, 0) is 0 Å². The molecule has 6 heteroatoms. The van der Waals surface area contributed by atoms with Gasteiger partial charge in [-0.05, 0) is 0 Å². The zero-order valence-electron chi connectivity index (χ0n) is 4.56. The van der Waals surface area contributed by atoms with Crippen LogP contribution in [0, 0.1) is 22.7 Å². The molecule has 0 saturated heterocycles. The van der Waals surface area contributed by atoms with Crippen molar-refractivity contribution in [2.24, 2.45) is 0 Å². The third-order valence-corrected chi connectivity index (χ3v) is 0.586. The lowest BCUT2D eigenvalue weighted by Crippen LogP contribution is -1.70. The maximum Gasteiger partial charge on any atom is 0.193 e. The number of hydrogen-bond acceptors (Lipinski definition) is 2. The molecule has 0 aromatic rings. The summed E-state index contributed by atoms with van der Waals surface area (Å²) in [6, 6.07) is 3.12. The Hall–Kier alpha value is 0.140. The van der Waals surface area contributed by atoms with Gasteiger partial charge in [0, 0.05) is 0 Å². The van der Waals surface area contributed by atoms with E-state index in [2.05, 4.69) is 0 Å². The van der Waals surface area contributed by atoms with Crippen LogP contribution in [0.15, 0.2) is 0 Å². The van der Waals surface area contributed by atoms with E-state index >= 15 is 0 Å². The fourth-order valence-corrected chi connectivity index (χ4v) is 0. The van der Waals surface area contributed by atoms with Crippen molar-refractivity contribution in [1.82, 2.24) is 0 Å². The second-order valence-electron chi connectivity index (χ2n) is 0.860. The second kappa shape index (κ2) is 9.14. The molecule has 10 heavy (non-hydrogen) atoms. The first-order valence-electron chi connectivity index (χ1n) is 1.90. The van der Waals surface area contributed by atoms with Gasteiger partial charge < -0.3 is 0 Å². The molecule has 0 atom stereocenters. The molecule has 0 heterocycles. The van der Waals surface area contributed by atoms with Gasteiger partial charge in [0.15, 0.2) is 9.67 Å². The highest BCUT2D eigenvalue weighted by Gasteiger charge is 1.86. The number of halogens is 4. The van der Waals surface area contributed by atoms with E-state index in [1.54, 1.807) is 12.1 Å². The van der Waals surface area contributed by atoms with Gasteiger partial charge in [0.05, 0.1) is 12.1 Å². The average molecular weight is 220 g/mol. The minimum atomic E-state index is -0.866. The summed E-state index contributed by atoms with van der Waals surface area (Å²) in [5.41, 5.74) is 0. The first-order chi connectivity index (χ1) is 4.54. The Morgan fingerprint density at radius 3 is 0.900 bits per heavy atom. The molecule has 0 rings (SSSR count). The Morgan fingerprint density at radius 2 is 0.900 bits per heavy atom. The van der Waals surface area contributed by atoms with Gasteiger partial charge in [-0.3, -0.25) is 0 Å². The number of hydrogen-bond donors (Lipinski definition) is 0. The molecule has 0 aromatic carbocycles. The van der Waals surface area contributed by atoms with Crippen LogP contribution in [0.5, 0.6) is 0 Å². The third kappa shape index (κ3) is 24.2. The lowest BCUT2D eigenvalue weighted by molar-refractivity contribution is 1.45. The maximum atomic E-state index is 7.63. The Balaban J connectivity index is 0. The Bertz CT molecular complexity index is 124. The number of rotatable bonds is 0. The molecule has 0 aliphatic carbocycles. The Morgan fingerprint density at radius 1 is 0.800 bits per heavy atom. The summed E-state index contributed by atoms with van der Waals surface area (Å²) in [5, 5.41) is 15.3.